The molecule has 0 aromatic carbocycles. The van der Waals surface area contributed by atoms with Crippen LogP contribution < -0.4 is 5.32 Å². The van der Waals surface area contributed by atoms with Gasteiger partial charge in [0.1, 0.15) is 5.15 Å². The van der Waals surface area contributed by atoms with Crippen molar-refractivity contribution in [2.75, 3.05) is 6.61 Å². The number of hydrogen-bond acceptors (Lipinski definition) is 3. The van der Waals surface area contributed by atoms with E-state index >= 15 is 0 Å². The number of ether oxygens (including phenoxy) is 1. The Morgan fingerprint density at radius 1 is 1.56 bits per heavy atom. The van der Waals surface area contributed by atoms with Crippen LogP contribution in [0.25, 0.3) is 0 Å². The highest BCUT2D eigenvalue weighted by Gasteiger charge is 2.30. The minimum absolute atomic E-state index is 0.170. The molecular weight excluding hydrogens is 275 g/mol. The number of amides is 1. The number of carbonyl (C=O) groups is 1. The molecule has 1 saturated carbocycles. The summed E-state index contributed by atoms with van der Waals surface area (Å²) in [6.07, 6.45) is 3.40. The highest BCUT2D eigenvalue weighted by atomic mass is 35.5. The lowest BCUT2D eigenvalue weighted by atomic mass is 9.89. The third kappa shape index (κ3) is 3.13. The summed E-state index contributed by atoms with van der Waals surface area (Å²) >= 11 is 11.5. The van der Waals surface area contributed by atoms with Gasteiger partial charge in [0.15, 0.2) is 0 Å². The van der Waals surface area contributed by atoms with E-state index in [-0.39, 0.29) is 28.2 Å². The zero-order chi connectivity index (χ0) is 13.1. The minimum atomic E-state index is -0.180. The number of carbonyl (C=O) groups excluding carboxylic acids is 1. The van der Waals surface area contributed by atoms with E-state index in [1.54, 1.807) is 0 Å². The maximum Gasteiger partial charge on any atom is 0.253 e. The van der Waals surface area contributed by atoms with Crippen LogP contribution in [0.15, 0.2) is 12.3 Å². The summed E-state index contributed by atoms with van der Waals surface area (Å²) in [5, 5.41) is 3.39. The van der Waals surface area contributed by atoms with E-state index in [4.69, 9.17) is 27.9 Å². The van der Waals surface area contributed by atoms with Crippen molar-refractivity contribution in [2.45, 2.75) is 31.9 Å². The molecular formula is C12H14Cl2N2O2. The molecule has 0 radical (unpaired) electrons. The fourth-order valence-corrected chi connectivity index (χ4v) is 2.14. The number of hydrogen-bond donors (Lipinski definition) is 1. The van der Waals surface area contributed by atoms with E-state index in [2.05, 4.69) is 10.3 Å². The second-order valence-corrected chi connectivity index (χ2v) is 4.98. The SMILES string of the molecule is CCOC1CC(NC(=O)c2cnc(Cl)c(Cl)c2)C1. The van der Waals surface area contributed by atoms with Gasteiger partial charge in [0.05, 0.1) is 16.7 Å². The van der Waals surface area contributed by atoms with Crippen molar-refractivity contribution < 1.29 is 9.53 Å². The number of pyridine rings is 1. The molecule has 1 amide bonds. The molecule has 1 aromatic heterocycles. The highest BCUT2D eigenvalue weighted by molar-refractivity contribution is 6.41. The van der Waals surface area contributed by atoms with Crippen LogP contribution in [0.5, 0.6) is 0 Å². The lowest BCUT2D eigenvalue weighted by molar-refractivity contribution is -0.00862. The Hall–Kier alpha value is -0.840. The molecule has 1 N–H and O–H groups in total. The molecule has 4 nitrogen and oxygen atoms in total. The Morgan fingerprint density at radius 3 is 2.89 bits per heavy atom. The molecule has 2 rings (SSSR count). The number of halogens is 2. The van der Waals surface area contributed by atoms with Crippen LogP contribution >= 0.6 is 23.2 Å². The third-order valence-electron chi connectivity index (χ3n) is 2.89. The standard InChI is InChI=1S/C12H14Cl2N2O2/c1-2-18-9-4-8(5-9)16-12(17)7-3-10(13)11(14)15-6-7/h3,6,8-9H,2,4-5H2,1H3,(H,16,17). The first-order chi connectivity index (χ1) is 8.60. The highest BCUT2D eigenvalue weighted by Crippen LogP contribution is 2.24. The largest absolute Gasteiger partial charge is 0.378 e. The molecule has 1 fully saturated rings. The first kappa shape index (κ1) is 13.6. The molecule has 0 bridgehead atoms. The number of aromatic nitrogens is 1. The maximum absolute atomic E-state index is 11.9. The Labute approximate surface area is 116 Å². The minimum Gasteiger partial charge on any atom is -0.378 e. The van der Waals surface area contributed by atoms with Gasteiger partial charge in [0.25, 0.3) is 5.91 Å². The van der Waals surface area contributed by atoms with Crippen LogP contribution in [0.2, 0.25) is 10.2 Å². The van der Waals surface area contributed by atoms with Gasteiger partial charge >= 0.3 is 0 Å². The van der Waals surface area contributed by atoms with Gasteiger partial charge in [0.2, 0.25) is 0 Å². The predicted molar refractivity (Wildman–Crippen MR) is 70.2 cm³/mol. The van der Waals surface area contributed by atoms with Crippen molar-refractivity contribution in [3.05, 3.63) is 28.0 Å². The lowest BCUT2D eigenvalue weighted by Gasteiger charge is -2.35. The van der Waals surface area contributed by atoms with Crippen molar-refractivity contribution >= 4 is 29.1 Å². The van der Waals surface area contributed by atoms with Gasteiger partial charge < -0.3 is 10.1 Å². The Bertz CT molecular complexity index is 448. The van der Waals surface area contributed by atoms with Gasteiger partial charge in [-0.15, -0.1) is 0 Å². The molecule has 0 saturated heterocycles. The Morgan fingerprint density at radius 2 is 2.28 bits per heavy atom. The van der Waals surface area contributed by atoms with Gasteiger partial charge in [0, 0.05) is 18.8 Å². The van der Waals surface area contributed by atoms with Crippen molar-refractivity contribution in [3.8, 4) is 0 Å². The summed E-state index contributed by atoms with van der Waals surface area (Å²) < 4.78 is 5.43. The van der Waals surface area contributed by atoms with E-state index in [0.29, 0.717) is 12.2 Å². The number of nitrogens with zero attached hydrogens (tertiary/aromatic N) is 1. The first-order valence-electron chi connectivity index (χ1n) is 5.83. The van der Waals surface area contributed by atoms with E-state index < -0.39 is 0 Å². The summed E-state index contributed by atoms with van der Waals surface area (Å²) in [6.45, 7) is 2.68. The van der Waals surface area contributed by atoms with Crippen LogP contribution in [-0.4, -0.2) is 29.6 Å². The van der Waals surface area contributed by atoms with Crippen molar-refractivity contribution in [1.82, 2.24) is 10.3 Å². The van der Waals surface area contributed by atoms with E-state index in [1.165, 1.54) is 12.3 Å². The van der Waals surface area contributed by atoms with Gasteiger partial charge in [-0.25, -0.2) is 4.98 Å². The van der Waals surface area contributed by atoms with Crippen LogP contribution in [0.1, 0.15) is 30.1 Å². The van der Waals surface area contributed by atoms with E-state index in [0.717, 1.165) is 12.8 Å². The lowest BCUT2D eigenvalue weighted by Crippen LogP contribution is -2.47. The normalized spacial score (nSPS) is 22.4. The second kappa shape index (κ2) is 5.87. The molecule has 1 aromatic rings. The second-order valence-electron chi connectivity index (χ2n) is 4.22. The van der Waals surface area contributed by atoms with Crippen molar-refractivity contribution in [1.29, 1.82) is 0 Å². The summed E-state index contributed by atoms with van der Waals surface area (Å²) in [4.78, 5) is 15.7. The van der Waals surface area contributed by atoms with Gasteiger partial charge in [-0.2, -0.15) is 0 Å². The van der Waals surface area contributed by atoms with Crippen molar-refractivity contribution in [2.24, 2.45) is 0 Å². The number of nitrogens with one attached hydrogen (secondary N) is 1. The summed E-state index contributed by atoms with van der Waals surface area (Å²) in [5.74, 6) is -0.180. The van der Waals surface area contributed by atoms with Gasteiger partial charge in [-0.3, -0.25) is 4.79 Å². The van der Waals surface area contributed by atoms with E-state index in [9.17, 15) is 4.79 Å². The predicted octanol–water partition coefficient (Wildman–Crippen LogP) is 2.69. The molecule has 98 valence electrons. The maximum atomic E-state index is 11.9. The Kier molecular flexibility index (Phi) is 4.43. The smallest absolute Gasteiger partial charge is 0.253 e. The topological polar surface area (TPSA) is 51.2 Å². The average molecular weight is 289 g/mol. The summed E-state index contributed by atoms with van der Waals surface area (Å²) in [5.41, 5.74) is 0.421. The molecule has 18 heavy (non-hydrogen) atoms. The third-order valence-corrected chi connectivity index (χ3v) is 3.58. The quantitative estimate of drug-likeness (QED) is 0.867. The van der Waals surface area contributed by atoms with Crippen LogP contribution in [0.4, 0.5) is 0 Å². The number of rotatable bonds is 4. The molecule has 6 heteroatoms. The molecule has 1 heterocycles. The molecule has 1 aliphatic carbocycles. The zero-order valence-corrected chi connectivity index (χ0v) is 11.5. The molecule has 0 unspecified atom stereocenters. The van der Waals surface area contributed by atoms with Crippen LogP contribution in [-0.2, 0) is 4.74 Å². The van der Waals surface area contributed by atoms with Gasteiger partial charge in [-0.05, 0) is 25.8 Å². The zero-order valence-electron chi connectivity index (χ0n) is 9.95. The molecule has 0 aliphatic heterocycles. The molecule has 0 spiro atoms. The van der Waals surface area contributed by atoms with Crippen LogP contribution in [0, 0.1) is 0 Å². The Balaban J connectivity index is 1.87. The van der Waals surface area contributed by atoms with Gasteiger partial charge in [-0.1, -0.05) is 23.2 Å². The monoisotopic (exact) mass is 288 g/mol. The summed E-state index contributed by atoms with van der Waals surface area (Å²) in [6, 6.07) is 1.69. The van der Waals surface area contributed by atoms with E-state index in [1.807, 2.05) is 6.92 Å². The average Bonchev–Trinajstić information content (AvgIpc) is 2.30. The fraction of sp³-hybridized carbons (Fsp3) is 0.500. The molecule has 0 atom stereocenters. The van der Waals surface area contributed by atoms with Crippen molar-refractivity contribution in [3.63, 3.8) is 0 Å². The van der Waals surface area contributed by atoms with Crippen LogP contribution in [0.3, 0.4) is 0 Å². The molecule has 1 aliphatic rings. The summed E-state index contributed by atoms with van der Waals surface area (Å²) in [7, 11) is 0. The first-order valence-corrected chi connectivity index (χ1v) is 6.59. The fourth-order valence-electron chi connectivity index (χ4n) is 1.87.